The van der Waals surface area contributed by atoms with Crippen molar-refractivity contribution in [3.05, 3.63) is 42.2 Å². The van der Waals surface area contributed by atoms with Gasteiger partial charge in [-0.2, -0.15) is 0 Å². The summed E-state index contributed by atoms with van der Waals surface area (Å²) in [6, 6.07) is 9.59. The van der Waals surface area contributed by atoms with E-state index in [4.69, 9.17) is 5.73 Å². The first-order chi connectivity index (χ1) is 11.1. The highest BCUT2D eigenvalue weighted by atomic mass is 16.2. The van der Waals surface area contributed by atoms with Gasteiger partial charge in [-0.05, 0) is 30.7 Å². The number of hydrogen-bond donors (Lipinski definition) is 1. The molecule has 0 spiro atoms. The van der Waals surface area contributed by atoms with Gasteiger partial charge < -0.3 is 10.6 Å². The van der Waals surface area contributed by atoms with Crippen LogP contribution in [0.2, 0.25) is 0 Å². The Kier molecular flexibility index (Phi) is 4.03. The predicted molar refractivity (Wildman–Crippen MR) is 88.8 cm³/mol. The fraction of sp³-hybridized carbons (Fsp3) is 0.389. The maximum absolute atomic E-state index is 13.0. The first-order valence-corrected chi connectivity index (χ1v) is 8.00. The fourth-order valence-corrected chi connectivity index (χ4v) is 3.41. The molecular formula is C18H21N3O2. The van der Waals surface area contributed by atoms with E-state index in [1.807, 2.05) is 37.3 Å². The lowest BCUT2D eigenvalue weighted by Gasteiger charge is -2.40. The van der Waals surface area contributed by atoms with Crippen LogP contribution in [0.15, 0.2) is 36.5 Å². The van der Waals surface area contributed by atoms with Crippen molar-refractivity contribution >= 4 is 22.6 Å². The number of nitrogens with zero attached hydrogens (tertiary/aromatic N) is 2. The summed E-state index contributed by atoms with van der Waals surface area (Å²) in [5.74, 6) is -0.441. The summed E-state index contributed by atoms with van der Waals surface area (Å²) in [4.78, 5) is 30.9. The first-order valence-electron chi connectivity index (χ1n) is 8.00. The molecule has 1 atom stereocenters. The van der Waals surface area contributed by atoms with Gasteiger partial charge in [0, 0.05) is 24.7 Å². The van der Waals surface area contributed by atoms with Crippen molar-refractivity contribution in [1.82, 2.24) is 9.88 Å². The van der Waals surface area contributed by atoms with Crippen LogP contribution in [0.5, 0.6) is 0 Å². The van der Waals surface area contributed by atoms with Crippen molar-refractivity contribution in [3.63, 3.8) is 0 Å². The van der Waals surface area contributed by atoms with E-state index in [0.717, 1.165) is 23.6 Å². The Morgan fingerprint density at radius 3 is 2.83 bits per heavy atom. The second-order valence-corrected chi connectivity index (χ2v) is 6.21. The second-order valence-electron chi connectivity index (χ2n) is 6.21. The third-order valence-electron chi connectivity index (χ3n) is 4.94. The summed E-state index contributed by atoms with van der Waals surface area (Å²) >= 11 is 0. The molecule has 1 saturated heterocycles. The van der Waals surface area contributed by atoms with Gasteiger partial charge in [-0.25, -0.2) is 0 Å². The van der Waals surface area contributed by atoms with Crippen LogP contribution in [-0.2, 0) is 4.79 Å². The quantitative estimate of drug-likeness (QED) is 0.945. The van der Waals surface area contributed by atoms with Gasteiger partial charge in [-0.15, -0.1) is 0 Å². The zero-order valence-corrected chi connectivity index (χ0v) is 13.3. The first kappa shape index (κ1) is 15.5. The van der Waals surface area contributed by atoms with Crippen LogP contribution in [0.25, 0.3) is 10.8 Å². The van der Waals surface area contributed by atoms with Crippen LogP contribution in [-0.4, -0.2) is 34.8 Å². The van der Waals surface area contributed by atoms with Gasteiger partial charge >= 0.3 is 0 Å². The number of likely N-dealkylation sites (tertiary alicyclic amines) is 1. The van der Waals surface area contributed by atoms with Gasteiger partial charge in [-0.1, -0.05) is 31.2 Å². The Balaban J connectivity index is 1.95. The lowest BCUT2D eigenvalue weighted by Crippen LogP contribution is -2.52. The number of rotatable bonds is 3. The maximum Gasteiger partial charge on any atom is 0.273 e. The molecule has 3 rings (SSSR count). The van der Waals surface area contributed by atoms with Crippen molar-refractivity contribution in [2.75, 3.05) is 13.1 Å². The molecule has 2 N–H and O–H groups in total. The van der Waals surface area contributed by atoms with Crippen molar-refractivity contribution in [1.29, 1.82) is 0 Å². The Bertz CT molecular complexity index is 754. The van der Waals surface area contributed by atoms with Gasteiger partial charge in [0.1, 0.15) is 5.69 Å². The van der Waals surface area contributed by atoms with E-state index in [1.54, 1.807) is 11.1 Å². The second kappa shape index (κ2) is 5.99. The standard InChI is InChI=1S/C18H21N3O2/c1-2-18(17(19)23)9-5-11-21(12-18)16(22)15-14-7-4-3-6-13(14)8-10-20-15/h3-4,6-8,10H,2,5,9,11-12H2,1H3,(H2,19,23). The number of aromatic nitrogens is 1. The molecule has 1 fully saturated rings. The topological polar surface area (TPSA) is 76.3 Å². The van der Waals surface area contributed by atoms with Gasteiger partial charge in [-0.3, -0.25) is 14.6 Å². The monoisotopic (exact) mass is 311 g/mol. The smallest absolute Gasteiger partial charge is 0.273 e. The molecule has 0 radical (unpaired) electrons. The molecule has 0 aliphatic carbocycles. The SMILES string of the molecule is CCC1(C(N)=O)CCCN(C(=O)c2nccc3ccccc23)C1. The Hall–Kier alpha value is -2.43. The van der Waals surface area contributed by atoms with E-state index < -0.39 is 5.41 Å². The summed E-state index contributed by atoms with van der Waals surface area (Å²) in [6.45, 7) is 2.97. The van der Waals surface area contributed by atoms with Crippen molar-refractivity contribution < 1.29 is 9.59 Å². The summed E-state index contributed by atoms with van der Waals surface area (Å²) in [6.07, 6.45) is 3.83. The molecule has 1 aromatic heterocycles. The lowest BCUT2D eigenvalue weighted by atomic mass is 9.77. The number of primary amides is 1. The van der Waals surface area contributed by atoms with Gasteiger partial charge in [0.25, 0.3) is 5.91 Å². The van der Waals surface area contributed by atoms with Crippen LogP contribution >= 0.6 is 0 Å². The number of hydrogen-bond acceptors (Lipinski definition) is 3. The molecule has 2 heterocycles. The highest BCUT2D eigenvalue weighted by molar-refractivity contribution is 6.05. The van der Waals surface area contributed by atoms with Gasteiger partial charge in [0.2, 0.25) is 5.91 Å². The number of amides is 2. The van der Waals surface area contributed by atoms with Crippen LogP contribution in [0, 0.1) is 5.41 Å². The molecule has 1 unspecified atom stereocenters. The molecule has 23 heavy (non-hydrogen) atoms. The van der Waals surface area contributed by atoms with Crippen LogP contribution in [0.1, 0.15) is 36.7 Å². The molecule has 0 bridgehead atoms. The number of carbonyl (C=O) groups excluding carboxylic acids is 2. The van der Waals surface area contributed by atoms with Crippen LogP contribution in [0.4, 0.5) is 0 Å². The number of fused-ring (bicyclic) bond motifs is 1. The number of carbonyl (C=O) groups is 2. The normalized spacial score (nSPS) is 21.3. The molecular weight excluding hydrogens is 290 g/mol. The van der Waals surface area contributed by atoms with Crippen LogP contribution < -0.4 is 5.73 Å². The van der Waals surface area contributed by atoms with Crippen molar-refractivity contribution in [2.45, 2.75) is 26.2 Å². The zero-order chi connectivity index (χ0) is 16.4. The average molecular weight is 311 g/mol. The third kappa shape index (κ3) is 2.67. The van der Waals surface area contributed by atoms with Gasteiger partial charge in [0.15, 0.2) is 0 Å². The molecule has 5 nitrogen and oxygen atoms in total. The number of piperidine rings is 1. The molecule has 120 valence electrons. The third-order valence-corrected chi connectivity index (χ3v) is 4.94. The molecule has 5 heteroatoms. The summed E-state index contributed by atoms with van der Waals surface area (Å²) < 4.78 is 0. The molecule has 2 amide bonds. The maximum atomic E-state index is 13.0. The molecule has 2 aromatic rings. The minimum absolute atomic E-state index is 0.124. The largest absolute Gasteiger partial charge is 0.369 e. The zero-order valence-electron chi connectivity index (χ0n) is 13.3. The van der Waals surface area contributed by atoms with Crippen LogP contribution in [0.3, 0.4) is 0 Å². The summed E-state index contributed by atoms with van der Waals surface area (Å²) in [5, 5.41) is 1.83. The summed E-state index contributed by atoms with van der Waals surface area (Å²) in [7, 11) is 0. The van der Waals surface area contributed by atoms with Crippen molar-refractivity contribution in [2.24, 2.45) is 11.1 Å². The molecule has 1 aliphatic rings. The van der Waals surface area contributed by atoms with E-state index >= 15 is 0 Å². The minimum Gasteiger partial charge on any atom is -0.369 e. The van der Waals surface area contributed by atoms with E-state index in [0.29, 0.717) is 25.2 Å². The highest BCUT2D eigenvalue weighted by Crippen LogP contribution is 2.34. The molecule has 1 aliphatic heterocycles. The fourth-order valence-electron chi connectivity index (χ4n) is 3.41. The predicted octanol–water partition coefficient (Wildman–Crippen LogP) is 2.35. The summed E-state index contributed by atoms with van der Waals surface area (Å²) in [5.41, 5.74) is 5.44. The number of benzene rings is 1. The lowest BCUT2D eigenvalue weighted by molar-refractivity contribution is -0.130. The Morgan fingerprint density at radius 1 is 1.30 bits per heavy atom. The van der Waals surface area contributed by atoms with E-state index in [2.05, 4.69) is 4.98 Å². The number of nitrogens with two attached hydrogens (primary N) is 1. The molecule has 1 aromatic carbocycles. The number of pyridine rings is 1. The average Bonchev–Trinajstić information content (AvgIpc) is 2.60. The van der Waals surface area contributed by atoms with E-state index in [-0.39, 0.29) is 11.8 Å². The van der Waals surface area contributed by atoms with E-state index in [1.165, 1.54) is 0 Å². The Morgan fingerprint density at radius 2 is 2.09 bits per heavy atom. The molecule has 0 saturated carbocycles. The minimum atomic E-state index is -0.613. The highest BCUT2D eigenvalue weighted by Gasteiger charge is 2.41. The van der Waals surface area contributed by atoms with Gasteiger partial charge in [0.05, 0.1) is 5.41 Å². The van der Waals surface area contributed by atoms with Crippen molar-refractivity contribution in [3.8, 4) is 0 Å². The van der Waals surface area contributed by atoms with E-state index in [9.17, 15) is 9.59 Å². The Labute approximate surface area is 135 Å².